The van der Waals surface area contributed by atoms with E-state index in [2.05, 4.69) is 20.9 Å². The second-order valence-electron chi connectivity index (χ2n) is 4.61. The zero-order valence-electron chi connectivity index (χ0n) is 11.6. The zero-order valence-corrected chi connectivity index (χ0v) is 14.0. The van der Waals surface area contributed by atoms with Crippen LogP contribution in [0.25, 0.3) is 0 Å². The van der Waals surface area contributed by atoms with Crippen molar-refractivity contribution in [2.24, 2.45) is 7.05 Å². The molecule has 6 heteroatoms. The van der Waals surface area contributed by atoms with Crippen molar-refractivity contribution in [3.05, 3.63) is 52.5 Å². The lowest BCUT2D eigenvalue weighted by Gasteiger charge is -2.18. The van der Waals surface area contributed by atoms with Crippen LogP contribution in [0.4, 0.5) is 4.79 Å². The molecule has 4 nitrogen and oxygen atoms in total. The van der Waals surface area contributed by atoms with Gasteiger partial charge in [0.25, 0.3) is 5.24 Å². The summed E-state index contributed by atoms with van der Waals surface area (Å²) in [5.41, 5.74) is 1.06. The molecule has 0 N–H and O–H groups in total. The quantitative estimate of drug-likeness (QED) is 0.844. The molecule has 0 bridgehead atoms. The first kappa shape index (κ1) is 15.1. The smallest absolute Gasteiger partial charge is 0.282 e. The summed E-state index contributed by atoms with van der Waals surface area (Å²) in [5, 5.41) is -0.0982. The van der Waals surface area contributed by atoms with Gasteiger partial charge >= 0.3 is 0 Å². The van der Waals surface area contributed by atoms with E-state index >= 15 is 0 Å². The molecule has 2 aromatic rings. The molecule has 20 heavy (non-hydrogen) atoms. The van der Waals surface area contributed by atoms with Crippen molar-refractivity contribution in [2.75, 3.05) is 14.1 Å². The fraction of sp³-hybridized carbons (Fsp3) is 0.286. The Morgan fingerprint density at radius 2 is 2.00 bits per heavy atom. The molecule has 0 fully saturated rings. The number of amides is 1. The van der Waals surface area contributed by atoms with Crippen LogP contribution in [0.3, 0.4) is 0 Å². The van der Waals surface area contributed by atoms with E-state index in [0.717, 1.165) is 15.9 Å². The van der Waals surface area contributed by atoms with Gasteiger partial charge < -0.3 is 9.47 Å². The molecule has 0 aliphatic rings. The maximum Gasteiger partial charge on any atom is 0.282 e. The van der Waals surface area contributed by atoms with Crippen LogP contribution in [0.15, 0.2) is 41.1 Å². The SMILES string of the molecule is CN(C)C(=O)SC(c1ccc(Br)cc1)c1nccn1C. The van der Waals surface area contributed by atoms with Crippen LogP contribution in [0.2, 0.25) is 0 Å². The normalized spacial score (nSPS) is 12.2. The van der Waals surface area contributed by atoms with Gasteiger partial charge in [-0.3, -0.25) is 4.79 Å². The van der Waals surface area contributed by atoms with Gasteiger partial charge in [-0.1, -0.05) is 28.1 Å². The van der Waals surface area contributed by atoms with Gasteiger partial charge in [-0.25, -0.2) is 4.98 Å². The highest BCUT2D eigenvalue weighted by molar-refractivity contribution is 9.10. The first-order chi connectivity index (χ1) is 9.49. The number of rotatable bonds is 3. The number of hydrogen-bond donors (Lipinski definition) is 0. The second-order valence-corrected chi connectivity index (χ2v) is 6.58. The summed E-state index contributed by atoms with van der Waals surface area (Å²) in [6.07, 6.45) is 3.64. The third-order valence-corrected chi connectivity index (χ3v) is 4.66. The van der Waals surface area contributed by atoms with E-state index in [1.807, 2.05) is 42.1 Å². The summed E-state index contributed by atoms with van der Waals surface area (Å²) in [7, 11) is 5.45. The molecular formula is C14H16BrN3OS. The molecule has 1 aromatic carbocycles. The molecule has 0 saturated heterocycles. The van der Waals surface area contributed by atoms with Crippen LogP contribution in [-0.4, -0.2) is 33.8 Å². The minimum Gasteiger partial charge on any atom is -0.340 e. The number of carbonyl (C=O) groups excluding carboxylic acids is 1. The lowest BCUT2D eigenvalue weighted by molar-refractivity contribution is 0.241. The summed E-state index contributed by atoms with van der Waals surface area (Å²) in [6.45, 7) is 0. The number of aromatic nitrogens is 2. The number of benzene rings is 1. The number of imidazole rings is 1. The van der Waals surface area contributed by atoms with Crippen LogP contribution in [-0.2, 0) is 7.05 Å². The minimum atomic E-state index is -0.113. The Morgan fingerprint density at radius 3 is 2.50 bits per heavy atom. The van der Waals surface area contributed by atoms with Crippen LogP contribution in [0, 0.1) is 0 Å². The van der Waals surface area contributed by atoms with Gasteiger partial charge in [0, 0.05) is 38.0 Å². The fourth-order valence-corrected chi connectivity index (χ4v) is 3.05. The predicted molar refractivity (Wildman–Crippen MR) is 85.9 cm³/mol. The third kappa shape index (κ3) is 3.43. The molecule has 0 aliphatic carbocycles. The van der Waals surface area contributed by atoms with Gasteiger partial charge in [-0.2, -0.15) is 0 Å². The summed E-state index contributed by atoms with van der Waals surface area (Å²) in [5.74, 6) is 0.868. The molecule has 1 amide bonds. The summed E-state index contributed by atoms with van der Waals surface area (Å²) < 4.78 is 2.96. The molecule has 1 unspecified atom stereocenters. The molecule has 106 valence electrons. The van der Waals surface area contributed by atoms with Crippen LogP contribution >= 0.6 is 27.7 Å². The molecule has 1 aromatic heterocycles. The Morgan fingerprint density at radius 1 is 1.35 bits per heavy atom. The molecule has 0 spiro atoms. The lowest BCUT2D eigenvalue weighted by atomic mass is 10.1. The zero-order chi connectivity index (χ0) is 14.7. The Bertz CT molecular complexity index is 595. The lowest BCUT2D eigenvalue weighted by Crippen LogP contribution is -2.19. The Labute approximate surface area is 131 Å². The highest BCUT2D eigenvalue weighted by Gasteiger charge is 2.23. The van der Waals surface area contributed by atoms with Gasteiger partial charge in [0.15, 0.2) is 0 Å². The van der Waals surface area contributed by atoms with E-state index in [4.69, 9.17) is 0 Å². The Balaban J connectivity index is 2.36. The van der Waals surface area contributed by atoms with Gasteiger partial charge in [0.1, 0.15) is 5.82 Å². The van der Waals surface area contributed by atoms with Crippen molar-refractivity contribution >= 4 is 32.9 Å². The van der Waals surface area contributed by atoms with E-state index in [1.54, 1.807) is 25.2 Å². The number of halogens is 1. The topological polar surface area (TPSA) is 38.1 Å². The van der Waals surface area contributed by atoms with E-state index in [0.29, 0.717) is 0 Å². The highest BCUT2D eigenvalue weighted by Crippen LogP contribution is 2.36. The van der Waals surface area contributed by atoms with Gasteiger partial charge in [-0.05, 0) is 29.5 Å². The first-order valence-corrected chi connectivity index (χ1v) is 7.77. The van der Waals surface area contributed by atoms with Crippen LogP contribution < -0.4 is 0 Å². The van der Waals surface area contributed by atoms with Crippen molar-refractivity contribution < 1.29 is 4.79 Å². The molecule has 2 rings (SSSR count). The number of thioether (sulfide) groups is 1. The maximum atomic E-state index is 12.0. The number of aryl methyl sites for hydroxylation is 1. The summed E-state index contributed by atoms with van der Waals surface area (Å²) in [4.78, 5) is 18.0. The van der Waals surface area contributed by atoms with Crippen LogP contribution in [0.5, 0.6) is 0 Å². The average Bonchev–Trinajstić information content (AvgIpc) is 2.83. The monoisotopic (exact) mass is 353 g/mol. The van der Waals surface area contributed by atoms with Crippen molar-refractivity contribution in [3.63, 3.8) is 0 Å². The van der Waals surface area contributed by atoms with Crippen molar-refractivity contribution in [3.8, 4) is 0 Å². The van der Waals surface area contributed by atoms with E-state index < -0.39 is 0 Å². The van der Waals surface area contributed by atoms with E-state index in [9.17, 15) is 4.79 Å². The predicted octanol–water partition coefficient (Wildman–Crippen LogP) is 3.69. The maximum absolute atomic E-state index is 12.0. The fourth-order valence-electron chi connectivity index (χ4n) is 1.74. The van der Waals surface area contributed by atoms with Gasteiger partial charge in [0.2, 0.25) is 0 Å². The largest absolute Gasteiger partial charge is 0.340 e. The Kier molecular flexibility index (Phi) is 4.88. The van der Waals surface area contributed by atoms with Crippen molar-refractivity contribution in [1.29, 1.82) is 0 Å². The van der Waals surface area contributed by atoms with Gasteiger partial charge in [0.05, 0.1) is 5.25 Å². The highest BCUT2D eigenvalue weighted by atomic mass is 79.9. The molecule has 0 aliphatic heterocycles. The molecule has 0 saturated carbocycles. The van der Waals surface area contributed by atoms with Crippen molar-refractivity contribution in [2.45, 2.75) is 5.25 Å². The molecule has 1 atom stereocenters. The third-order valence-electron chi connectivity index (χ3n) is 2.85. The first-order valence-electron chi connectivity index (χ1n) is 6.09. The Hall–Kier alpha value is -1.27. The number of carbonyl (C=O) groups is 1. The van der Waals surface area contributed by atoms with E-state index in [-0.39, 0.29) is 10.5 Å². The van der Waals surface area contributed by atoms with Crippen molar-refractivity contribution in [1.82, 2.24) is 14.5 Å². The minimum absolute atomic E-state index is 0.0147. The number of hydrogen-bond acceptors (Lipinski definition) is 3. The standard InChI is InChI=1S/C14H16BrN3OS/c1-17(2)14(19)20-12(13-16-8-9-18(13)3)10-4-6-11(15)7-5-10/h4-9,12H,1-3H3. The number of nitrogens with zero attached hydrogens (tertiary/aromatic N) is 3. The summed E-state index contributed by atoms with van der Waals surface area (Å²) >= 11 is 4.70. The second kappa shape index (κ2) is 6.45. The van der Waals surface area contributed by atoms with Crippen LogP contribution in [0.1, 0.15) is 16.6 Å². The van der Waals surface area contributed by atoms with E-state index in [1.165, 1.54) is 11.8 Å². The molecular weight excluding hydrogens is 338 g/mol. The summed E-state index contributed by atoms with van der Waals surface area (Å²) in [6, 6.07) is 7.98. The average molecular weight is 354 g/mol. The molecule has 1 heterocycles. The van der Waals surface area contributed by atoms with Gasteiger partial charge in [-0.15, -0.1) is 0 Å². The molecule has 0 radical (unpaired) electrons.